The zero-order valence-corrected chi connectivity index (χ0v) is 13.7. The Morgan fingerprint density at radius 3 is 2.77 bits per heavy atom. The van der Waals surface area contributed by atoms with E-state index in [9.17, 15) is 0 Å². The fourth-order valence-electron chi connectivity index (χ4n) is 2.35. The van der Waals surface area contributed by atoms with E-state index in [4.69, 9.17) is 0 Å². The third-order valence-electron chi connectivity index (χ3n) is 3.52. The van der Waals surface area contributed by atoms with Crippen LogP contribution in [0.1, 0.15) is 38.7 Å². The molecule has 22 heavy (non-hydrogen) atoms. The van der Waals surface area contributed by atoms with E-state index in [2.05, 4.69) is 70.4 Å². The van der Waals surface area contributed by atoms with Crippen LogP contribution >= 0.6 is 0 Å². The summed E-state index contributed by atoms with van der Waals surface area (Å²) in [5, 5.41) is 11.4. The van der Waals surface area contributed by atoms with E-state index in [1.165, 1.54) is 18.4 Å². The second kappa shape index (κ2) is 8.32. The van der Waals surface area contributed by atoms with Crippen molar-refractivity contribution < 1.29 is 0 Å². The molecule has 5 heteroatoms. The normalized spacial score (nSPS) is 10.5. The molecule has 118 valence electrons. The van der Waals surface area contributed by atoms with Gasteiger partial charge in [0.15, 0.2) is 5.82 Å². The van der Waals surface area contributed by atoms with Gasteiger partial charge in [-0.25, -0.2) is 0 Å². The van der Waals surface area contributed by atoms with Crippen LogP contribution in [-0.2, 0) is 0 Å². The molecule has 0 aliphatic rings. The second-order valence-corrected chi connectivity index (χ2v) is 5.36. The monoisotopic (exact) mass is 299 g/mol. The Kier molecular flexibility index (Phi) is 6.13. The van der Waals surface area contributed by atoms with E-state index in [1.807, 2.05) is 0 Å². The third-order valence-corrected chi connectivity index (χ3v) is 3.52. The average Bonchev–Trinajstić information content (AvgIpc) is 2.53. The van der Waals surface area contributed by atoms with Crippen LogP contribution in [0.15, 0.2) is 30.5 Å². The molecule has 0 bridgehead atoms. The van der Waals surface area contributed by atoms with E-state index in [1.54, 1.807) is 6.20 Å². The summed E-state index contributed by atoms with van der Waals surface area (Å²) in [4.78, 5) is 6.73. The molecule has 2 rings (SSSR count). The van der Waals surface area contributed by atoms with Gasteiger partial charge in [0.25, 0.3) is 0 Å². The number of unbranched alkanes of at least 4 members (excludes halogenated alkanes) is 2. The van der Waals surface area contributed by atoms with E-state index in [0.29, 0.717) is 5.95 Å². The van der Waals surface area contributed by atoms with Crippen molar-refractivity contribution in [2.45, 2.75) is 40.0 Å². The molecular weight excluding hydrogens is 274 g/mol. The molecule has 2 aromatic rings. The molecule has 1 aromatic heterocycles. The summed E-state index contributed by atoms with van der Waals surface area (Å²) in [5.74, 6) is 1.42. The van der Waals surface area contributed by atoms with Gasteiger partial charge in [-0.05, 0) is 38.0 Å². The number of rotatable bonds is 8. The number of aromatic nitrogens is 3. The molecule has 0 aliphatic heterocycles. The highest BCUT2D eigenvalue weighted by Crippen LogP contribution is 2.23. The highest BCUT2D eigenvalue weighted by Gasteiger charge is 2.10. The lowest BCUT2D eigenvalue weighted by Gasteiger charge is -2.22. The van der Waals surface area contributed by atoms with Gasteiger partial charge in [0.1, 0.15) is 0 Å². The lowest BCUT2D eigenvalue weighted by molar-refractivity contribution is 0.738. The molecule has 0 atom stereocenters. The number of nitrogens with zero attached hydrogens (tertiary/aromatic N) is 4. The summed E-state index contributed by atoms with van der Waals surface area (Å²) in [6.45, 7) is 8.11. The first-order valence-electron chi connectivity index (χ1n) is 8.02. The Balaban J connectivity index is 2.12. The van der Waals surface area contributed by atoms with Crippen LogP contribution < -0.4 is 10.2 Å². The number of hydrogen-bond acceptors (Lipinski definition) is 5. The first-order valence-corrected chi connectivity index (χ1v) is 8.02. The molecular formula is C17H25N5. The maximum Gasteiger partial charge on any atom is 0.244 e. The minimum Gasteiger partial charge on any atom is -0.353 e. The van der Waals surface area contributed by atoms with Crippen molar-refractivity contribution in [1.82, 2.24) is 15.2 Å². The first-order chi connectivity index (χ1) is 10.7. The number of anilines is 3. The zero-order valence-electron chi connectivity index (χ0n) is 13.7. The molecule has 0 fully saturated rings. The summed E-state index contributed by atoms with van der Waals surface area (Å²) in [6.07, 6.45) is 5.25. The minimum atomic E-state index is 0.597. The van der Waals surface area contributed by atoms with Crippen LogP contribution in [0.3, 0.4) is 0 Å². The Bertz CT molecular complexity index is 585. The molecule has 0 aliphatic carbocycles. The lowest BCUT2D eigenvalue weighted by Crippen LogP contribution is -2.19. The van der Waals surface area contributed by atoms with E-state index >= 15 is 0 Å². The molecule has 1 aromatic carbocycles. The zero-order chi connectivity index (χ0) is 15.8. The predicted octanol–water partition coefficient (Wildman–Crippen LogP) is 3.94. The Morgan fingerprint density at radius 1 is 1.18 bits per heavy atom. The molecule has 5 nitrogen and oxygen atoms in total. The van der Waals surface area contributed by atoms with Crippen molar-refractivity contribution in [3.8, 4) is 0 Å². The molecule has 1 heterocycles. The van der Waals surface area contributed by atoms with Crippen molar-refractivity contribution in [3.63, 3.8) is 0 Å². The van der Waals surface area contributed by atoms with Crippen molar-refractivity contribution in [2.24, 2.45) is 0 Å². The first kappa shape index (κ1) is 16.2. The molecule has 0 radical (unpaired) electrons. The number of aryl methyl sites for hydroxylation is 1. The van der Waals surface area contributed by atoms with Gasteiger partial charge in [0.05, 0.1) is 6.20 Å². The van der Waals surface area contributed by atoms with Gasteiger partial charge in [0.2, 0.25) is 5.95 Å². The van der Waals surface area contributed by atoms with Crippen LogP contribution in [0.4, 0.5) is 17.5 Å². The summed E-state index contributed by atoms with van der Waals surface area (Å²) < 4.78 is 0. The van der Waals surface area contributed by atoms with Gasteiger partial charge >= 0.3 is 0 Å². The van der Waals surface area contributed by atoms with Crippen molar-refractivity contribution in [3.05, 3.63) is 36.0 Å². The van der Waals surface area contributed by atoms with Crippen LogP contribution in [0.25, 0.3) is 0 Å². The van der Waals surface area contributed by atoms with Crippen LogP contribution in [0.5, 0.6) is 0 Å². The molecule has 0 saturated carbocycles. The molecule has 0 spiro atoms. The van der Waals surface area contributed by atoms with Crippen LogP contribution in [0.2, 0.25) is 0 Å². The molecule has 0 unspecified atom stereocenters. The number of nitrogens with one attached hydrogen (secondary N) is 1. The largest absolute Gasteiger partial charge is 0.353 e. The van der Waals surface area contributed by atoms with Gasteiger partial charge < -0.3 is 10.2 Å². The topological polar surface area (TPSA) is 53.9 Å². The third kappa shape index (κ3) is 4.41. The number of hydrogen-bond donors (Lipinski definition) is 1. The van der Waals surface area contributed by atoms with Crippen molar-refractivity contribution >= 4 is 17.5 Å². The minimum absolute atomic E-state index is 0.597. The maximum atomic E-state index is 4.59. The van der Waals surface area contributed by atoms with Gasteiger partial charge in [-0.2, -0.15) is 10.1 Å². The van der Waals surface area contributed by atoms with Crippen LogP contribution in [0, 0.1) is 6.92 Å². The number of benzene rings is 1. The Labute approximate surface area is 132 Å². The lowest BCUT2D eigenvalue weighted by atomic mass is 10.2. The molecule has 1 N–H and O–H groups in total. The van der Waals surface area contributed by atoms with Crippen molar-refractivity contribution in [1.29, 1.82) is 0 Å². The fourth-order valence-corrected chi connectivity index (χ4v) is 2.35. The predicted molar refractivity (Wildman–Crippen MR) is 91.7 cm³/mol. The van der Waals surface area contributed by atoms with Gasteiger partial charge in [-0.15, -0.1) is 5.10 Å². The fraction of sp³-hybridized carbons (Fsp3) is 0.471. The average molecular weight is 299 g/mol. The highest BCUT2D eigenvalue weighted by molar-refractivity contribution is 5.60. The smallest absolute Gasteiger partial charge is 0.244 e. The van der Waals surface area contributed by atoms with Gasteiger partial charge in [-0.1, -0.05) is 31.9 Å². The van der Waals surface area contributed by atoms with Crippen molar-refractivity contribution in [2.75, 3.05) is 23.3 Å². The molecule has 0 amide bonds. The van der Waals surface area contributed by atoms with E-state index < -0.39 is 0 Å². The summed E-state index contributed by atoms with van der Waals surface area (Å²) >= 11 is 0. The quantitative estimate of drug-likeness (QED) is 0.748. The van der Waals surface area contributed by atoms with Crippen LogP contribution in [-0.4, -0.2) is 28.3 Å². The van der Waals surface area contributed by atoms with E-state index in [-0.39, 0.29) is 0 Å². The summed E-state index contributed by atoms with van der Waals surface area (Å²) in [5.41, 5.74) is 2.36. The highest BCUT2D eigenvalue weighted by atomic mass is 15.3. The Hall–Kier alpha value is -2.17. The maximum absolute atomic E-state index is 4.59. The van der Waals surface area contributed by atoms with E-state index in [0.717, 1.165) is 31.0 Å². The Morgan fingerprint density at radius 2 is 2.05 bits per heavy atom. The summed E-state index contributed by atoms with van der Waals surface area (Å²) in [7, 11) is 0. The van der Waals surface area contributed by atoms with Gasteiger partial charge in [0, 0.05) is 18.8 Å². The standard InChI is InChI=1S/C17H25N5/c1-4-6-7-11-18-17-20-16(13-19-21-17)22(5-2)15-10-8-9-14(3)12-15/h8-10,12-13H,4-7,11H2,1-3H3,(H,18,20,21). The SMILES string of the molecule is CCCCCNc1nncc(N(CC)c2cccc(C)c2)n1. The second-order valence-electron chi connectivity index (χ2n) is 5.36. The molecule has 0 saturated heterocycles. The van der Waals surface area contributed by atoms with Gasteiger partial charge in [-0.3, -0.25) is 0 Å². The summed E-state index contributed by atoms with van der Waals surface area (Å²) in [6, 6.07) is 8.40.